The summed E-state index contributed by atoms with van der Waals surface area (Å²) in [6, 6.07) is 10.3. The lowest BCUT2D eigenvalue weighted by Crippen LogP contribution is -2.07. The largest absolute Gasteiger partial charge is 0.439 e. The Hall–Kier alpha value is -2.32. The number of nitrogens with zero attached hydrogens (tertiary/aromatic N) is 2. The molecule has 0 aliphatic carbocycles. The fraction of sp³-hybridized carbons (Fsp3) is 0.125. The van der Waals surface area contributed by atoms with E-state index in [1.165, 1.54) is 23.5 Å². The molecule has 0 unspecified atom stereocenters. The minimum absolute atomic E-state index is 0.116. The molecular weight excluding hydrogens is 375 g/mol. The molecule has 9 heteroatoms. The van der Waals surface area contributed by atoms with Crippen LogP contribution in [0.1, 0.15) is 10.6 Å². The van der Waals surface area contributed by atoms with E-state index in [0.29, 0.717) is 16.8 Å². The van der Waals surface area contributed by atoms with Crippen LogP contribution in [0, 0.1) is 0 Å². The smallest absolute Gasteiger partial charge is 0.433 e. The third-order valence-electron chi connectivity index (χ3n) is 3.08. The van der Waals surface area contributed by atoms with Crippen molar-refractivity contribution in [3.05, 3.63) is 63.7 Å². The Kier molecular flexibility index (Phi) is 5.10. The van der Waals surface area contributed by atoms with Gasteiger partial charge in [-0.25, -0.2) is 9.97 Å². The molecule has 0 amide bonds. The molecule has 2 aromatic heterocycles. The summed E-state index contributed by atoms with van der Waals surface area (Å²) >= 11 is 7.15. The summed E-state index contributed by atoms with van der Waals surface area (Å²) in [4.78, 5) is 8.39. The summed E-state index contributed by atoms with van der Waals surface area (Å²) < 4.78 is 43.8. The molecule has 0 bridgehead atoms. The van der Waals surface area contributed by atoms with Gasteiger partial charge in [0.15, 0.2) is 4.47 Å². The number of hydrogen-bond donors (Lipinski definition) is 1. The number of benzene rings is 1. The van der Waals surface area contributed by atoms with Crippen molar-refractivity contribution in [1.29, 1.82) is 0 Å². The lowest BCUT2D eigenvalue weighted by Gasteiger charge is -2.09. The van der Waals surface area contributed by atoms with Crippen LogP contribution in [0.3, 0.4) is 0 Å². The first kappa shape index (κ1) is 17.5. The van der Waals surface area contributed by atoms with Crippen LogP contribution in [0.25, 0.3) is 0 Å². The van der Waals surface area contributed by atoms with Crippen LogP contribution in [0.5, 0.6) is 11.6 Å². The number of aromatic nitrogens is 2. The van der Waals surface area contributed by atoms with Gasteiger partial charge in [-0.1, -0.05) is 17.7 Å². The van der Waals surface area contributed by atoms with Crippen molar-refractivity contribution in [3.63, 3.8) is 0 Å². The van der Waals surface area contributed by atoms with Gasteiger partial charge in [0.05, 0.1) is 6.54 Å². The predicted molar refractivity (Wildman–Crippen MR) is 90.2 cm³/mol. The fourth-order valence-electron chi connectivity index (χ4n) is 1.95. The van der Waals surface area contributed by atoms with Crippen molar-refractivity contribution in [1.82, 2.24) is 9.97 Å². The van der Waals surface area contributed by atoms with Gasteiger partial charge in [-0.05, 0) is 30.3 Å². The van der Waals surface area contributed by atoms with Crippen molar-refractivity contribution in [3.8, 4) is 11.6 Å². The molecule has 0 atom stereocenters. The molecule has 130 valence electrons. The Morgan fingerprint density at radius 1 is 1.12 bits per heavy atom. The van der Waals surface area contributed by atoms with Gasteiger partial charge in [0.2, 0.25) is 5.88 Å². The van der Waals surface area contributed by atoms with E-state index in [1.54, 1.807) is 30.5 Å². The molecule has 1 aromatic carbocycles. The number of anilines is 1. The normalized spacial score (nSPS) is 11.4. The van der Waals surface area contributed by atoms with E-state index in [9.17, 15) is 13.2 Å². The van der Waals surface area contributed by atoms with Crippen LogP contribution in [0.15, 0.2) is 48.7 Å². The molecule has 3 rings (SSSR count). The van der Waals surface area contributed by atoms with Gasteiger partial charge in [-0.3, -0.25) is 0 Å². The minimum atomic E-state index is -4.51. The van der Waals surface area contributed by atoms with E-state index >= 15 is 0 Å². The highest BCUT2D eigenvalue weighted by Gasteiger charge is 2.32. The lowest BCUT2D eigenvalue weighted by molar-refractivity contribution is -0.141. The van der Waals surface area contributed by atoms with Crippen LogP contribution in [-0.2, 0) is 12.7 Å². The summed E-state index contributed by atoms with van der Waals surface area (Å²) in [5.41, 5.74) is -0.166. The highest BCUT2D eigenvalue weighted by molar-refractivity contribution is 7.15. The molecule has 0 aliphatic rings. The Balaban J connectivity index is 1.62. The van der Waals surface area contributed by atoms with Gasteiger partial charge in [0.1, 0.15) is 11.4 Å². The standard InChI is InChI=1S/C16H11ClF3N3OS/c17-15-22-9-12(25-15)8-21-10-4-6-11(7-5-10)24-14-3-1-2-13(23-14)16(18,19)20/h1-7,9,21H,8H2. The molecule has 25 heavy (non-hydrogen) atoms. The molecule has 1 N–H and O–H groups in total. The zero-order valence-corrected chi connectivity index (χ0v) is 14.1. The Morgan fingerprint density at radius 3 is 2.52 bits per heavy atom. The predicted octanol–water partition coefficient (Wildman–Crippen LogP) is 5.61. The van der Waals surface area contributed by atoms with Crippen LogP contribution in [0.4, 0.5) is 18.9 Å². The van der Waals surface area contributed by atoms with Crippen LogP contribution >= 0.6 is 22.9 Å². The molecule has 0 radical (unpaired) electrons. The average molecular weight is 386 g/mol. The van der Waals surface area contributed by atoms with Crippen LogP contribution in [0.2, 0.25) is 4.47 Å². The first-order valence-electron chi connectivity index (χ1n) is 7.06. The Labute approximate surface area is 150 Å². The Morgan fingerprint density at radius 2 is 1.88 bits per heavy atom. The van der Waals surface area contributed by atoms with Gasteiger partial charge in [0, 0.05) is 22.8 Å². The molecule has 3 aromatic rings. The third kappa shape index (κ3) is 4.83. The van der Waals surface area contributed by atoms with Gasteiger partial charge < -0.3 is 10.1 Å². The lowest BCUT2D eigenvalue weighted by atomic mass is 10.3. The van der Waals surface area contributed by atoms with Crippen molar-refractivity contribution in [2.75, 3.05) is 5.32 Å². The maximum Gasteiger partial charge on any atom is 0.433 e. The molecular formula is C16H11ClF3N3OS. The number of alkyl halides is 3. The second-order valence-corrected chi connectivity index (χ2v) is 6.62. The summed E-state index contributed by atoms with van der Waals surface area (Å²) in [6.07, 6.45) is -2.82. The second-order valence-electron chi connectivity index (χ2n) is 4.92. The van der Waals surface area contributed by atoms with Gasteiger partial charge in [-0.2, -0.15) is 13.2 Å². The summed E-state index contributed by atoms with van der Waals surface area (Å²) in [5.74, 6) is 0.271. The van der Waals surface area contributed by atoms with Gasteiger partial charge in [0.25, 0.3) is 0 Å². The Bertz CT molecular complexity index is 852. The second kappa shape index (κ2) is 7.28. The topological polar surface area (TPSA) is 47.0 Å². The molecule has 0 aliphatic heterocycles. The van der Waals surface area contributed by atoms with Crippen molar-refractivity contribution < 1.29 is 17.9 Å². The minimum Gasteiger partial charge on any atom is -0.439 e. The SMILES string of the molecule is FC(F)(F)c1cccc(Oc2ccc(NCc3cnc(Cl)s3)cc2)n1. The highest BCUT2D eigenvalue weighted by Crippen LogP contribution is 2.30. The number of halogens is 4. The number of ether oxygens (including phenoxy) is 1. The molecule has 0 fully saturated rings. The van der Waals surface area contributed by atoms with Crippen LogP contribution in [-0.4, -0.2) is 9.97 Å². The van der Waals surface area contributed by atoms with Crippen LogP contribution < -0.4 is 10.1 Å². The monoisotopic (exact) mass is 385 g/mol. The van der Waals surface area contributed by atoms with E-state index in [0.717, 1.165) is 16.6 Å². The molecule has 2 heterocycles. The molecule has 0 saturated carbocycles. The zero-order chi connectivity index (χ0) is 17.9. The number of pyridine rings is 1. The number of nitrogens with one attached hydrogen (secondary N) is 1. The first-order chi connectivity index (χ1) is 11.9. The summed E-state index contributed by atoms with van der Waals surface area (Å²) in [6.45, 7) is 0.569. The highest BCUT2D eigenvalue weighted by atomic mass is 35.5. The summed E-state index contributed by atoms with van der Waals surface area (Å²) in [5, 5.41) is 3.19. The number of rotatable bonds is 5. The molecule has 0 spiro atoms. The maximum absolute atomic E-state index is 12.6. The third-order valence-corrected chi connectivity index (χ3v) is 4.20. The van der Waals surface area contributed by atoms with E-state index in [4.69, 9.17) is 16.3 Å². The van der Waals surface area contributed by atoms with Gasteiger partial charge in [-0.15, -0.1) is 11.3 Å². The van der Waals surface area contributed by atoms with Crippen molar-refractivity contribution in [2.24, 2.45) is 0 Å². The number of hydrogen-bond acceptors (Lipinski definition) is 5. The van der Waals surface area contributed by atoms with Crippen molar-refractivity contribution >= 4 is 28.6 Å². The molecule has 4 nitrogen and oxygen atoms in total. The summed E-state index contributed by atoms with van der Waals surface area (Å²) in [7, 11) is 0. The fourth-order valence-corrected chi connectivity index (χ4v) is 2.86. The van der Waals surface area contributed by atoms with E-state index in [2.05, 4.69) is 15.3 Å². The average Bonchev–Trinajstić information content (AvgIpc) is 2.99. The number of thiazole rings is 1. The van der Waals surface area contributed by atoms with E-state index in [-0.39, 0.29) is 5.88 Å². The maximum atomic E-state index is 12.6. The van der Waals surface area contributed by atoms with Gasteiger partial charge >= 0.3 is 6.18 Å². The molecule has 0 saturated heterocycles. The zero-order valence-electron chi connectivity index (χ0n) is 12.5. The quantitative estimate of drug-likeness (QED) is 0.619. The van der Waals surface area contributed by atoms with E-state index < -0.39 is 11.9 Å². The first-order valence-corrected chi connectivity index (χ1v) is 8.26. The van der Waals surface area contributed by atoms with E-state index in [1.807, 2.05) is 0 Å². The van der Waals surface area contributed by atoms with Crippen molar-refractivity contribution in [2.45, 2.75) is 12.7 Å².